The number of aromatic nitrogens is 1. The Morgan fingerprint density at radius 1 is 1.38 bits per heavy atom. The summed E-state index contributed by atoms with van der Waals surface area (Å²) in [5, 5.41) is 3.25. The van der Waals surface area contributed by atoms with Gasteiger partial charge in [-0.1, -0.05) is 11.6 Å². The first-order chi connectivity index (χ1) is 7.65. The fraction of sp³-hybridized carbons (Fsp3) is 0.0909. The van der Waals surface area contributed by atoms with Gasteiger partial charge in [0.2, 0.25) is 0 Å². The standard InChI is InChI=1S/C11H9ClN2OS/c1-7-2-4-9(16-7)11(15)14-10-5-3-8(12)6-13-10/h2-6H,1H3,(H,13,14,15). The van der Waals surface area contributed by atoms with Crippen molar-refractivity contribution >= 4 is 34.7 Å². The molecule has 0 radical (unpaired) electrons. The van der Waals surface area contributed by atoms with E-state index in [-0.39, 0.29) is 5.91 Å². The first kappa shape index (κ1) is 11.1. The molecule has 1 N–H and O–H groups in total. The SMILES string of the molecule is Cc1ccc(C(=O)Nc2ccc(Cl)cn2)s1. The minimum Gasteiger partial charge on any atom is -0.306 e. The lowest BCUT2D eigenvalue weighted by Gasteiger charge is -2.01. The van der Waals surface area contributed by atoms with E-state index in [1.807, 2.05) is 13.0 Å². The number of rotatable bonds is 2. The number of hydrogen-bond donors (Lipinski definition) is 1. The molecule has 0 atom stereocenters. The summed E-state index contributed by atoms with van der Waals surface area (Å²) in [6, 6.07) is 7.06. The molecule has 0 spiro atoms. The largest absolute Gasteiger partial charge is 0.306 e. The fourth-order valence-corrected chi connectivity index (χ4v) is 2.06. The number of nitrogens with zero attached hydrogens (tertiary/aromatic N) is 1. The number of halogens is 1. The molecule has 1 amide bonds. The van der Waals surface area contributed by atoms with Crippen LogP contribution in [0.3, 0.4) is 0 Å². The van der Waals surface area contributed by atoms with E-state index in [2.05, 4.69) is 10.3 Å². The Balaban J connectivity index is 2.10. The average molecular weight is 253 g/mol. The van der Waals surface area contributed by atoms with E-state index in [0.29, 0.717) is 15.7 Å². The molecule has 3 nitrogen and oxygen atoms in total. The van der Waals surface area contributed by atoms with E-state index < -0.39 is 0 Å². The van der Waals surface area contributed by atoms with Crippen LogP contribution in [0.5, 0.6) is 0 Å². The second kappa shape index (κ2) is 4.63. The molecule has 2 aromatic rings. The third kappa shape index (κ3) is 2.59. The maximum absolute atomic E-state index is 11.7. The van der Waals surface area contributed by atoms with Crippen molar-refractivity contribution in [3.8, 4) is 0 Å². The van der Waals surface area contributed by atoms with Crippen molar-refractivity contribution < 1.29 is 4.79 Å². The van der Waals surface area contributed by atoms with Gasteiger partial charge in [-0.05, 0) is 31.2 Å². The Morgan fingerprint density at radius 3 is 2.75 bits per heavy atom. The van der Waals surface area contributed by atoms with Crippen molar-refractivity contribution in [1.29, 1.82) is 0 Å². The van der Waals surface area contributed by atoms with Crippen LogP contribution in [0.2, 0.25) is 5.02 Å². The van der Waals surface area contributed by atoms with Gasteiger partial charge >= 0.3 is 0 Å². The zero-order valence-electron chi connectivity index (χ0n) is 8.53. The molecule has 0 unspecified atom stereocenters. The van der Waals surface area contributed by atoms with Gasteiger partial charge in [0.25, 0.3) is 5.91 Å². The first-order valence-corrected chi connectivity index (χ1v) is 5.84. The molecule has 2 rings (SSSR count). The molecule has 16 heavy (non-hydrogen) atoms. The Morgan fingerprint density at radius 2 is 2.19 bits per heavy atom. The summed E-state index contributed by atoms with van der Waals surface area (Å²) in [4.78, 5) is 17.5. The van der Waals surface area contributed by atoms with Crippen molar-refractivity contribution in [3.05, 3.63) is 45.2 Å². The maximum Gasteiger partial charge on any atom is 0.266 e. The molecule has 0 saturated heterocycles. The monoisotopic (exact) mass is 252 g/mol. The Hall–Kier alpha value is -1.39. The lowest BCUT2D eigenvalue weighted by molar-refractivity contribution is 0.103. The molecule has 2 aromatic heterocycles. The predicted octanol–water partition coefficient (Wildman–Crippen LogP) is 3.36. The van der Waals surface area contributed by atoms with Crippen molar-refractivity contribution in [3.63, 3.8) is 0 Å². The summed E-state index contributed by atoms with van der Waals surface area (Å²) in [5.41, 5.74) is 0. The number of nitrogens with one attached hydrogen (secondary N) is 1. The third-order valence-electron chi connectivity index (χ3n) is 1.93. The van der Waals surface area contributed by atoms with E-state index in [1.54, 1.807) is 18.2 Å². The predicted molar refractivity (Wildman–Crippen MR) is 66.3 cm³/mol. The average Bonchev–Trinajstić information content (AvgIpc) is 2.68. The molecule has 5 heteroatoms. The molecule has 0 fully saturated rings. The van der Waals surface area contributed by atoms with Crippen LogP contribution < -0.4 is 5.32 Å². The molecule has 0 aromatic carbocycles. The Kier molecular flexibility index (Phi) is 3.22. The highest BCUT2D eigenvalue weighted by atomic mass is 35.5. The van der Waals surface area contributed by atoms with Crippen LogP contribution in [0.25, 0.3) is 0 Å². The minimum absolute atomic E-state index is 0.145. The van der Waals surface area contributed by atoms with Gasteiger partial charge < -0.3 is 5.32 Å². The van der Waals surface area contributed by atoms with Gasteiger partial charge in [-0.2, -0.15) is 0 Å². The zero-order valence-corrected chi connectivity index (χ0v) is 10.1. The third-order valence-corrected chi connectivity index (χ3v) is 3.16. The lowest BCUT2D eigenvalue weighted by Crippen LogP contribution is -2.10. The Bertz CT molecular complexity index is 507. The maximum atomic E-state index is 11.7. The smallest absolute Gasteiger partial charge is 0.266 e. The van der Waals surface area contributed by atoms with E-state index in [1.165, 1.54) is 17.5 Å². The molecule has 0 bridgehead atoms. The zero-order chi connectivity index (χ0) is 11.5. The number of thiophene rings is 1. The van der Waals surface area contributed by atoms with E-state index in [9.17, 15) is 4.79 Å². The number of carbonyl (C=O) groups is 1. The van der Waals surface area contributed by atoms with Crippen LogP contribution in [-0.4, -0.2) is 10.9 Å². The molecule has 82 valence electrons. The van der Waals surface area contributed by atoms with E-state index in [4.69, 9.17) is 11.6 Å². The van der Waals surface area contributed by atoms with Gasteiger partial charge in [-0.15, -0.1) is 11.3 Å². The highest BCUT2D eigenvalue weighted by Crippen LogP contribution is 2.17. The molecule has 0 aliphatic rings. The second-order valence-electron chi connectivity index (χ2n) is 3.23. The quantitative estimate of drug-likeness (QED) is 0.891. The summed E-state index contributed by atoms with van der Waals surface area (Å²) in [5.74, 6) is 0.355. The topological polar surface area (TPSA) is 42.0 Å². The Labute approximate surface area is 102 Å². The van der Waals surface area contributed by atoms with Gasteiger partial charge in [-0.3, -0.25) is 4.79 Å². The van der Waals surface area contributed by atoms with Crippen molar-refractivity contribution in [2.45, 2.75) is 6.92 Å². The van der Waals surface area contributed by atoms with Gasteiger partial charge in [-0.25, -0.2) is 4.98 Å². The number of carbonyl (C=O) groups excluding carboxylic acids is 1. The van der Waals surface area contributed by atoms with Gasteiger partial charge in [0.05, 0.1) is 9.90 Å². The molecule has 2 heterocycles. The van der Waals surface area contributed by atoms with Crippen LogP contribution in [0.4, 0.5) is 5.82 Å². The summed E-state index contributed by atoms with van der Waals surface area (Å²) in [6.07, 6.45) is 1.50. The number of anilines is 1. The number of pyridine rings is 1. The molecule has 0 saturated carbocycles. The van der Waals surface area contributed by atoms with Crippen LogP contribution >= 0.6 is 22.9 Å². The van der Waals surface area contributed by atoms with Gasteiger partial charge in [0.1, 0.15) is 5.82 Å². The fourth-order valence-electron chi connectivity index (χ4n) is 1.18. The van der Waals surface area contributed by atoms with Crippen LogP contribution in [-0.2, 0) is 0 Å². The molecular weight excluding hydrogens is 244 g/mol. The number of aryl methyl sites for hydroxylation is 1. The van der Waals surface area contributed by atoms with Crippen molar-refractivity contribution in [2.75, 3.05) is 5.32 Å². The number of hydrogen-bond acceptors (Lipinski definition) is 3. The second-order valence-corrected chi connectivity index (χ2v) is 4.95. The van der Waals surface area contributed by atoms with E-state index >= 15 is 0 Å². The summed E-state index contributed by atoms with van der Waals surface area (Å²) in [6.45, 7) is 1.96. The molecule has 0 aliphatic carbocycles. The number of amides is 1. The van der Waals surface area contributed by atoms with Gasteiger partial charge in [0.15, 0.2) is 0 Å². The highest BCUT2D eigenvalue weighted by molar-refractivity contribution is 7.14. The van der Waals surface area contributed by atoms with E-state index in [0.717, 1.165) is 4.88 Å². The summed E-state index contributed by atoms with van der Waals surface area (Å²) >= 11 is 7.15. The molecular formula is C11H9ClN2OS. The minimum atomic E-state index is -0.145. The normalized spacial score (nSPS) is 10.1. The molecule has 0 aliphatic heterocycles. The van der Waals surface area contributed by atoms with Crippen molar-refractivity contribution in [1.82, 2.24) is 4.98 Å². The van der Waals surface area contributed by atoms with Crippen LogP contribution in [0.1, 0.15) is 14.5 Å². The van der Waals surface area contributed by atoms with Gasteiger partial charge in [0, 0.05) is 11.1 Å². The lowest BCUT2D eigenvalue weighted by atomic mass is 10.4. The van der Waals surface area contributed by atoms with Crippen LogP contribution in [0, 0.1) is 6.92 Å². The first-order valence-electron chi connectivity index (χ1n) is 4.64. The summed E-state index contributed by atoms with van der Waals surface area (Å²) in [7, 11) is 0. The van der Waals surface area contributed by atoms with Crippen LogP contribution in [0.15, 0.2) is 30.5 Å². The van der Waals surface area contributed by atoms with Crippen molar-refractivity contribution in [2.24, 2.45) is 0 Å². The summed E-state index contributed by atoms with van der Waals surface area (Å²) < 4.78 is 0. The highest BCUT2D eigenvalue weighted by Gasteiger charge is 2.08.